The van der Waals surface area contributed by atoms with Crippen molar-refractivity contribution in [3.63, 3.8) is 0 Å². The molecule has 1 saturated carbocycles. The van der Waals surface area contributed by atoms with Crippen molar-refractivity contribution in [2.45, 2.75) is 59.5 Å². The summed E-state index contributed by atoms with van der Waals surface area (Å²) in [5.41, 5.74) is 0.499. The van der Waals surface area contributed by atoms with E-state index in [1.807, 2.05) is 6.92 Å². The van der Waals surface area contributed by atoms with Gasteiger partial charge in [-0.15, -0.1) is 0 Å². The average molecular weight is 237 g/mol. The standard InChI is InChI=1S/C13H23N3O/c1-9-7-13(3,4)6-5-11(9)14-8-12-15-10(2)16-17-12/h9,11,14H,5-8H2,1-4H3. The number of hydrogen-bond donors (Lipinski definition) is 1. The summed E-state index contributed by atoms with van der Waals surface area (Å²) < 4.78 is 5.11. The zero-order chi connectivity index (χ0) is 12.5. The highest BCUT2D eigenvalue weighted by Gasteiger charge is 2.32. The van der Waals surface area contributed by atoms with E-state index in [0.717, 1.165) is 0 Å². The van der Waals surface area contributed by atoms with Crippen LogP contribution >= 0.6 is 0 Å². The Morgan fingerprint density at radius 2 is 2.24 bits per heavy atom. The quantitative estimate of drug-likeness (QED) is 0.878. The number of nitrogens with one attached hydrogen (secondary N) is 1. The molecule has 0 amide bonds. The van der Waals surface area contributed by atoms with Crippen molar-refractivity contribution in [2.75, 3.05) is 0 Å². The van der Waals surface area contributed by atoms with E-state index >= 15 is 0 Å². The number of hydrogen-bond acceptors (Lipinski definition) is 4. The van der Waals surface area contributed by atoms with Crippen molar-refractivity contribution in [1.82, 2.24) is 15.5 Å². The molecule has 1 aromatic rings. The number of nitrogens with zero attached hydrogens (tertiary/aromatic N) is 2. The first-order chi connectivity index (χ1) is 7.96. The van der Waals surface area contributed by atoms with Gasteiger partial charge in [0, 0.05) is 6.04 Å². The first kappa shape index (κ1) is 12.6. The molecule has 96 valence electrons. The lowest BCUT2D eigenvalue weighted by Gasteiger charge is -2.39. The van der Waals surface area contributed by atoms with E-state index < -0.39 is 0 Å². The molecule has 1 heterocycles. The molecule has 0 saturated heterocycles. The van der Waals surface area contributed by atoms with E-state index in [2.05, 4.69) is 36.2 Å². The first-order valence-corrected chi connectivity index (χ1v) is 6.49. The van der Waals surface area contributed by atoms with E-state index in [4.69, 9.17) is 4.52 Å². The Kier molecular flexibility index (Phi) is 3.52. The average Bonchev–Trinajstić information content (AvgIpc) is 2.62. The predicted molar refractivity (Wildman–Crippen MR) is 66.5 cm³/mol. The van der Waals surface area contributed by atoms with E-state index in [9.17, 15) is 0 Å². The van der Waals surface area contributed by atoms with Gasteiger partial charge in [-0.05, 0) is 37.5 Å². The molecule has 4 heteroatoms. The number of rotatable bonds is 3. The van der Waals surface area contributed by atoms with E-state index in [1.165, 1.54) is 19.3 Å². The van der Waals surface area contributed by atoms with Crippen LogP contribution in [0.4, 0.5) is 0 Å². The largest absolute Gasteiger partial charge is 0.338 e. The Bertz CT molecular complexity index is 372. The molecule has 17 heavy (non-hydrogen) atoms. The first-order valence-electron chi connectivity index (χ1n) is 6.49. The Morgan fingerprint density at radius 1 is 1.47 bits per heavy atom. The van der Waals surface area contributed by atoms with Gasteiger partial charge in [-0.25, -0.2) is 0 Å². The van der Waals surface area contributed by atoms with E-state index in [0.29, 0.717) is 35.6 Å². The summed E-state index contributed by atoms with van der Waals surface area (Å²) in [5.74, 6) is 2.11. The maximum absolute atomic E-state index is 5.11. The Morgan fingerprint density at radius 3 is 2.82 bits per heavy atom. The molecule has 0 aliphatic heterocycles. The molecule has 0 radical (unpaired) electrons. The summed E-state index contributed by atoms with van der Waals surface area (Å²) in [6.45, 7) is 9.59. The lowest BCUT2D eigenvalue weighted by molar-refractivity contribution is 0.146. The Labute approximate surface area is 103 Å². The highest BCUT2D eigenvalue weighted by molar-refractivity contribution is 4.89. The minimum atomic E-state index is 0.499. The maximum Gasteiger partial charge on any atom is 0.240 e. The Hall–Kier alpha value is -0.900. The predicted octanol–water partition coefficient (Wildman–Crippen LogP) is 2.68. The molecule has 2 unspecified atom stereocenters. The fraction of sp³-hybridized carbons (Fsp3) is 0.846. The van der Waals surface area contributed by atoms with Crippen LogP contribution in [0, 0.1) is 18.3 Å². The second-order valence-electron chi connectivity index (χ2n) is 6.11. The summed E-state index contributed by atoms with van der Waals surface area (Å²) in [4.78, 5) is 4.21. The molecular weight excluding hydrogens is 214 g/mol. The second kappa shape index (κ2) is 4.77. The summed E-state index contributed by atoms with van der Waals surface area (Å²) >= 11 is 0. The number of aryl methyl sites for hydroxylation is 1. The molecule has 0 spiro atoms. The van der Waals surface area contributed by atoms with Gasteiger partial charge in [0.05, 0.1) is 6.54 Å². The van der Waals surface area contributed by atoms with Crippen LogP contribution < -0.4 is 5.32 Å². The lowest BCUT2D eigenvalue weighted by Crippen LogP contribution is -2.41. The Balaban J connectivity index is 1.84. The van der Waals surface area contributed by atoms with Gasteiger partial charge in [0.15, 0.2) is 5.82 Å². The van der Waals surface area contributed by atoms with Crippen LogP contribution in [0.25, 0.3) is 0 Å². The highest BCUT2D eigenvalue weighted by atomic mass is 16.5. The third-order valence-corrected chi connectivity index (χ3v) is 3.78. The summed E-state index contributed by atoms with van der Waals surface area (Å²) in [5, 5.41) is 7.34. The molecule has 4 nitrogen and oxygen atoms in total. The van der Waals surface area contributed by atoms with Crippen LogP contribution in [0.1, 0.15) is 51.7 Å². The van der Waals surface area contributed by atoms with Crippen LogP contribution in [0.2, 0.25) is 0 Å². The van der Waals surface area contributed by atoms with Crippen LogP contribution in [0.5, 0.6) is 0 Å². The van der Waals surface area contributed by atoms with Crippen molar-refractivity contribution >= 4 is 0 Å². The highest BCUT2D eigenvalue weighted by Crippen LogP contribution is 2.38. The van der Waals surface area contributed by atoms with Gasteiger partial charge in [0.25, 0.3) is 0 Å². The molecule has 1 aliphatic rings. The van der Waals surface area contributed by atoms with Gasteiger partial charge in [0.1, 0.15) is 0 Å². The smallest absolute Gasteiger partial charge is 0.240 e. The minimum absolute atomic E-state index is 0.499. The minimum Gasteiger partial charge on any atom is -0.338 e. The van der Waals surface area contributed by atoms with E-state index in [1.54, 1.807) is 0 Å². The third kappa shape index (κ3) is 3.28. The molecule has 0 aromatic carbocycles. The molecule has 2 atom stereocenters. The SMILES string of the molecule is Cc1noc(CNC2CCC(C)(C)CC2C)n1. The van der Waals surface area contributed by atoms with Gasteiger partial charge in [0.2, 0.25) is 5.89 Å². The number of aromatic nitrogens is 2. The second-order valence-corrected chi connectivity index (χ2v) is 6.11. The van der Waals surface area contributed by atoms with Gasteiger partial charge < -0.3 is 9.84 Å². The molecule has 1 aromatic heterocycles. The fourth-order valence-electron chi connectivity index (χ4n) is 2.88. The van der Waals surface area contributed by atoms with Gasteiger partial charge >= 0.3 is 0 Å². The zero-order valence-corrected chi connectivity index (χ0v) is 11.3. The van der Waals surface area contributed by atoms with Crippen LogP contribution in [0.15, 0.2) is 4.52 Å². The molecule has 1 fully saturated rings. The van der Waals surface area contributed by atoms with Crippen molar-refractivity contribution in [3.8, 4) is 0 Å². The lowest BCUT2D eigenvalue weighted by atomic mass is 9.70. The summed E-state index contributed by atoms with van der Waals surface area (Å²) in [6, 6.07) is 0.579. The van der Waals surface area contributed by atoms with Crippen molar-refractivity contribution in [3.05, 3.63) is 11.7 Å². The molecule has 1 N–H and O–H groups in total. The monoisotopic (exact) mass is 237 g/mol. The van der Waals surface area contributed by atoms with Crippen molar-refractivity contribution in [1.29, 1.82) is 0 Å². The van der Waals surface area contributed by atoms with Gasteiger partial charge in [-0.2, -0.15) is 4.98 Å². The zero-order valence-electron chi connectivity index (χ0n) is 11.3. The van der Waals surface area contributed by atoms with E-state index in [-0.39, 0.29) is 0 Å². The maximum atomic E-state index is 5.11. The molecule has 2 rings (SSSR count). The topological polar surface area (TPSA) is 51.0 Å². The normalized spacial score (nSPS) is 28.2. The van der Waals surface area contributed by atoms with Gasteiger partial charge in [-0.1, -0.05) is 25.9 Å². The fourth-order valence-corrected chi connectivity index (χ4v) is 2.88. The molecule has 0 bridgehead atoms. The molecule has 1 aliphatic carbocycles. The van der Waals surface area contributed by atoms with Crippen LogP contribution in [-0.2, 0) is 6.54 Å². The van der Waals surface area contributed by atoms with Crippen molar-refractivity contribution < 1.29 is 4.52 Å². The summed E-state index contributed by atoms with van der Waals surface area (Å²) in [6.07, 6.45) is 3.81. The van der Waals surface area contributed by atoms with Gasteiger partial charge in [-0.3, -0.25) is 0 Å². The van der Waals surface area contributed by atoms with Crippen molar-refractivity contribution in [2.24, 2.45) is 11.3 Å². The molecular formula is C13H23N3O. The van der Waals surface area contributed by atoms with Crippen LogP contribution in [-0.4, -0.2) is 16.2 Å². The summed E-state index contributed by atoms with van der Waals surface area (Å²) in [7, 11) is 0. The van der Waals surface area contributed by atoms with Crippen LogP contribution in [0.3, 0.4) is 0 Å². The third-order valence-electron chi connectivity index (χ3n) is 3.78.